The van der Waals surface area contributed by atoms with E-state index in [2.05, 4.69) is 42.6 Å². The summed E-state index contributed by atoms with van der Waals surface area (Å²) in [6.45, 7) is 4.05. The van der Waals surface area contributed by atoms with E-state index < -0.39 is 0 Å². The first-order valence-corrected chi connectivity index (χ1v) is 5.39. The van der Waals surface area contributed by atoms with Crippen molar-refractivity contribution in [3.8, 4) is 0 Å². The molecule has 2 heteroatoms. The number of anilines is 1. The van der Waals surface area contributed by atoms with E-state index in [0.29, 0.717) is 6.54 Å². The number of benzene rings is 2. The van der Waals surface area contributed by atoms with Crippen molar-refractivity contribution in [2.24, 2.45) is 0 Å². The minimum Gasteiger partial charge on any atom is -0.378 e. The van der Waals surface area contributed by atoms with Crippen molar-refractivity contribution in [2.75, 3.05) is 11.9 Å². The summed E-state index contributed by atoms with van der Waals surface area (Å²) < 4.78 is 0. The summed E-state index contributed by atoms with van der Waals surface area (Å²) in [6.07, 6.45) is 0. The molecule has 2 nitrogen and oxygen atoms in total. The highest BCUT2D eigenvalue weighted by atomic mass is 16.1. The van der Waals surface area contributed by atoms with Crippen molar-refractivity contribution in [1.29, 1.82) is 0 Å². The fourth-order valence-electron chi connectivity index (χ4n) is 1.70. The lowest BCUT2D eigenvalue weighted by Crippen LogP contribution is -2.09. The number of rotatable bonds is 3. The minimum absolute atomic E-state index is 0.143. The number of aryl methyl sites for hydroxylation is 1. The summed E-state index contributed by atoms with van der Waals surface area (Å²) in [5.41, 5.74) is 2.25. The van der Waals surface area contributed by atoms with E-state index in [1.807, 2.05) is 6.07 Å². The van der Waals surface area contributed by atoms with Gasteiger partial charge in [-0.25, -0.2) is 0 Å². The summed E-state index contributed by atoms with van der Waals surface area (Å²) in [7, 11) is 0. The SMILES string of the molecule is CC(=O)CNc1ccc2cc(C)ccc2c1. The van der Waals surface area contributed by atoms with Gasteiger partial charge in [-0.1, -0.05) is 29.8 Å². The first-order valence-electron chi connectivity index (χ1n) is 5.39. The van der Waals surface area contributed by atoms with Crippen LogP contribution in [0.15, 0.2) is 36.4 Å². The van der Waals surface area contributed by atoms with E-state index in [4.69, 9.17) is 0 Å². The molecular formula is C14H15NO. The van der Waals surface area contributed by atoms with Gasteiger partial charge in [-0.05, 0) is 36.8 Å². The number of ketones is 1. The molecule has 2 aromatic rings. The number of Topliss-reactive ketones (excluding diaryl/α,β-unsaturated/α-hetero) is 1. The van der Waals surface area contributed by atoms with E-state index in [0.717, 1.165) is 5.69 Å². The van der Waals surface area contributed by atoms with Crippen LogP contribution in [0.4, 0.5) is 5.69 Å². The lowest BCUT2D eigenvalue weighted by atomic mass is 10.1. The third-order valence-electron chi connectivity index (χ3n) is 2.54. The maximum absolute atomic E-state index is 10.9. The lowest BCUT2D eigenvalue weighted by molar-refractivity contribution is -0.115. The molecule has 2 rings (SSSR count). The molecular weight excluding hydrogens is 198 g/mol. The molecule has 0 saturated carbocycles. The van der Waals surface area contributed by atoms with Crippen molar-refractivity contribution in [3.05, 3.63) is 42.0 Å². The minimum atomic E-state index is 0.143. The Morgan fingerprint density at radius 3 is 2.56 bits per heavy atom. The fourth-order valence-corrected chi connectivity index (χ4v) is 1.70. The van der Waals surface area contributed by atoms with Crippen molar-refractivity contribution in [2.45, 2.75) is 13.8 Å². The fraction of sp³-hybridized carbons (Fsp3) is 0.214. The third-order valence-corrected chi connectivity index (χ3v) is 2.54. The number of carbonyl (C=O) groups excluding carboxylic acids is 1. The van der Waals surface area contributed by atoms with Crippen molar-refractivity contribution in [3.63, 3.8) is 0 Å². The van der Waals surface area contributed by atoms with Gasteiger partial charge in [0.05, 0.1) is 6.54 Å². The molecule has 0 aliphatic heterocycles. The van der Waals surface area contributed by atoms with E-state index in [1.165, 1.54) is 16.3 Å². The summed E-state index contributed by atoms with van der Waals surface area (Å²) in [5, 5.41) is 5.52. The Labute approximate surface area is 95.3 Å². The summed E-state index contributed by atoms with van der Waals surface area (Å²) in [4.78, 5) is 10.9. The van der Waals surface area contributed by atoms with Gasteiger partial charge in [-0.15, -0.1) is 0 Å². The molecule has 0 radical (unpaired) electrons. The average Bonchev–Trinajstić information content (AvgIpc) is 2.26. The predicted octanol–water partition coefficient (Wildman–Crippen LogP) is 3.15. The van der Waals surface area contributed by atoms with Crippen molar-refractivity contribution in [1.82, 2.24) is 0 Å². The molecule has 0 amide bonds. The van der Waals surface area contributed by atoms with Gasteiger partial charge in [0.25, 0.3) is 0 Å². The summed E-state index contributed by atoms with van der Waals surface area (Å²) >= 11 is 0. The second kappa shape index (κ2) is 4.35. The Hall–Kier alpha value is -1.83. The topological polar surface area (TPSA) is 29.1 Å². The van der Waals surface area contributed by atoms with Crippen LogP contribution in [0.3, 0.4) is 0 Å². The Bertz CT molecular complexity index is 531. The number of nitrogens with one attached hydrogen (secondary N) is 1. The molecule has 0 unspecified atom stereocenters. The zero-order valence-electron chi connectivity index (χ0n) is 9.58. The molecule has 0 aliphatic rings. The summed E-state index contributed by atoms with van der Waals surface area (Å²) in [5.74, 6) is 0.143. The Morgan fingerprint density at radius 1 is 1.12 bits per heavy atom. The van der Waals surface area contributed by atoms with Crippen LogP contribution in [0.25, 0.3) is 10.8 Å². The molecule has 0 bridgehead atoms. The Kier molecular flexibility index (Phi) is 2.91. The molecule has 1 N–H and O–H groups in total. The lowest BCUT2D eigenvalue weighted by Gasteiger charge is -2.06. The van der Waals surface area contributed by atoms with Gasteiger partial charge in [-0.2, -0.15) is 0 Å². The summed E-state index contributed by atoms with van der Waals surface area (Å²) in [6, 6.07) is 12.5. The van der Waals surface area contributed by atoms with Gasteiger partial charge >= 0.3 is 0 Å². The molecule has 0 atom stereocenters. The number of fused-ring (bicyclic) bond motifs is 1. The molecule has 0 heterocycles. The number of hydrogen-bond acceptors (Lipinski definition) is 2. The van der Waals surface area contributed by atoms with Gasteiger partial charge in [0, 0.05) is 5.69 Å². The molecule has 2 aromatic carbocycles. The van der Waals surface area contributed by atoms with Crippen LogP contribution in [-0.2, 0) is 4.79 Å². The quantitative estimate of drug-likeness (QED) is 0.848. The molecule has 82 valence electrons. The van der Waals surface area contributed by atoms with Crippen LogP contribution in [0, 0.1) is 6.92 Å². The van der Waals surface area contributed by atoms with Crippen LogP contribution in [0.1, 0.15) is 12.5 Å². The highest BCUT2D eigenvalue weighted by Crippen LogP contribution is 2.20. The van der Waals surface area contributed by atoms with Crippen LogP contribution in [0.5, 0.6) is 0 Å². The zero-order chi connectivity index (χ0) is 11.5. The van der Waals surface area contributed by atoms with Gasteiger partial charge in [0.2, 0.25) is 0 Å². The average molecular weight is 213 g/mol. The predicted molar refractivity (Wildman–Crippen MR) is 67.9 cm³/mol. The van der Waals surface area contributed by atoms with Gasteiger partial charge < -0.3 is 5.32 Å². The molecule has 0 fully saturated rings. The normalized spacial score (nSPS) is 10.4. The first-order chi connectivity index (χ1) is 7.65. The van der Waals surface area contributed by atoms with E-state index in [1.54, 1.807) is 6.92 Å². The second-order valence-electron chi connectivity index (χ2n) is 4.12. The maximum Gasteiger partial charge on any atom is 0.148 e. The van der Waals surface area contributed by atoms with Crippen LogP contribution in [-0.4, -0.2) is 12.3 Å². The largest absolute Gasteiger partial charge is 0.378 e. The van der Waals surface area contributed by atoms with Crippen molar-refractivity contribution >= 4 is 22.2 Å². The number of hydrogen-bond donors (Lipinski definition) is 1. The molecule has 16 heavy (non-hydrogen) atoms. The monoisotopic (exact) mass is 213 g/mol. The third kappa shape index (κ3) is 2.40. The van der Waals surface area contributed by atoms with Gasteiger partial charge in [0.1, 0.15) is 5.78 Å². The maximum atomic E-state index is 10.9. The molecule has 0 saturated heterocycles. The standard InChI is InChI=1S/C14H15NO/c1-10-3-4-13-8-14(15-9-11(2)16)6-5-12(13)7-10/h3-8,15H,9H2,1-2H3. The van der Waals surface area contributed by atoms with Crippen LogP contribution >= 0.6 is 0 Å². The highest BCUT2D eigenvalue weighted by Gasteiger charge is 1.97. The van der Waals surface area contributed by atoms with E-state index in [9.17, 15) is 4.79 Å². The van der Waals surface area contributed by atoms with Gasteiger partial charge in [-0.3, -0.25) is 4.79 Å². The van der Waals surface area contributed by atoms with Gasteiger partial charge in [0.15, 0.2) is 0 Å². The smallest absolute Gasteiger partial charge is 0.148 e. The first kappa shape index (κ1) is 10.7. The van der Waals surface area contributed by atoms with E-state index in [-0.39, 0.29) is 5.78 Å². The second-order valence-corrected chi connectivity index (χ2v) is 4.12. The van der Waals surface area contributed by atoms with E-state index >= 15 is 0 Å². The molecule has 0 spiro atoms. The molecule has 0 aliphatic carbocycles. The molecule has 0 aromatic heterocycles. The van der Waals surface area contributed by atoms with Crippen LogP contribution < -0.4 is 5.32 Å². The highest BCUT2D eigenvalue weighted by molar-refractivity contribution is 5.87. The van der Waals surface area contributed by atoms with Crippen molar-refractivity contribution < 1.29 is 4.79 Å². The van der Waals surface area contributed by atoms with Crippen LogP contribution in [0.2, 0.25) is 0 Å². The number of carbonyl (C=O) groups is 1. The Morgan fingerprint density at radius 2 is 1.81 bits per heavy atom. The Balaban J connectivity index is 2.30. The zero-order valence-corrected chi connectivity index (χ0v) is 9.58.